The first-order chi connectivity index (χ1) is 12.3. The lowest BCUT2D eigenvalue weighted by Crippen LogP contribution is -2.59. The molecule has 26 heavy (non-hydrogen) atoms. The molecule has 1 aromatic heterocycles. The van der Waals surface area contributed by atoms with Crippen LogP contribution in [-0.2, 0) is 22.2 Å². The molecule has 0 spiro atoms. The molecule has 2 heterocycles. The van der Waals surface area contributed by atoms with Crippen LogP contribution in [0, 0.1) is 20.8 Å². The van der Waals surface area contributed by atoms with Crippen LogP contribution >= 0.6 is 0 Å². The van der Waals surface area contributed by atoms with Crippen LogP contribution in [0.2, 0.25) is 0 Å². The largest absolute Gasteiger partial charge is 0.367 e. The minimum atomic E-state index is -1.44. The molecular formula is C18H22N6O2. The molecule has 8 nitrogen and oxygen atoms in total. The van der Waals surface area contributed by atoms with Gasteiger partial charge in [-0.05, 0) is 31.9 Å². The zero-order chi connectivity index (χ0) is 19.1. The molecule has 0 aliphatic carbocycles. The maximum atomic E-state index is 12.9. The Morgan fingerprint density at radius 3 is 2.58 bits per heavy atom. The van der Waals surface area contributed by atoms with Crippen molar-refractivity contribution in [3.63, 3.8) is 0 Å². The van der Waals surface area contributed by atoms with Gasteiger partial charge in [-0.1, -0.05) is 23.8 Å². The summed E-state index contributed by atoms with van der Waals surface area (Å²) in [4.78, 5) is 29.6. The third kappa shape index (κ3) is 2.73. The molecule has 1 aromatic carbocycles. The van der Waals surface area contributed by atoms with Crippen molar-refractivity contribution in [3.05, 3.63) is 46.6 Å². The van der Waals surface area contributed by atoms with Gasteiger partial charge in [0.15, 0.2) is 11.6 Å². The number of aromatic nitrogens is 2. The lowest BCUT2D eigenvalue weighted by molar-refractivity contribution is -0.129. The van der Waals surface area contributed by atoms with Crippen molar-refractivity contribution in [2.45, 2.75) is 32.4 Å². The summed E-state index contributed by atoms with van der Waals surface area (Å²) >= 11 is 0. The van der Waals surface area contributed by atoms with Crippen LogP contribution in [0.3, 0.4) is 0 Å². The highest BCUT2D eigenvalue weighted by Crippen LogP contribution is 2.33. The average Bonchev–Trinajstić information content (AvgIpc) is 3.12. The fraction of sp³-hybridized carbons (Fsp3) is 0.333. The molecule has 0 saturated heterocycles. The molecule has 8 heteroatoms. The summed E-state index contributed by atoms with van der Waals surface area (Å²) in [6, 6.07) is 6.35. The Bertz CT molecular complexity index is 916. The number of nitrogens with two attached hydrogens (primary N) is 1. The number of carbonyl (C=O) groups is 2. The third-order valence-electron chi connectivity index (χ3n) is 4.62. The minimum Gasteiger partial charge on any atom is -0.367 e. The fourth-order valence-corrected chi connectivity index (χ4v) is 3.41. The van der Waals surface area contributed by atoms with Crippen molar-refractivity contribution in [1.82, 2.24) is 15.1 Å². The van der Waals surface area contributed by atoms with E-state index in [2.05, 4.69) is 20.7 Å². The van der Waals surface area contributed by atoms with Crippen molar-refractivity contribution in [2.75, 3.05) is 5.32 Å². The summed E-state index contributed by atoms with van der Waals surface area (Å²) in [7, 11) is 1.73. The van der Waals surface area contributed by atoms with E-state index < -0.39 is 23.4 Å². The quantitative estimate of drug-likeness (QED) is 0.748. The molecule has 4 N–H and O–H groups in total. The maximum absolute atomic E-state index is 12.9. The molecule has 1 aliphatic rings. The molecule has 0 saturated carbocycles. The highest BCUT2D eigenvalue weighted by atomic mass is 16.2. The first-order valence-electron chi connectivity index (χ1n) is 8.24. The molecule has 0 radical (unpaired) electrons. The van der Waals surface area contributed by atoms with Crippen LogP contribution in [0.1, 0.15) is 22.4 Å². The highest BCUT2D eigenvalue weighted by Gasteiger charge is 2.52. The van der Waals surface area contributed by atoms with E-state index in [1.807, 2.05) is 39.0 Å². The molecule has 1 aliphatic heterocycles. The zero-order valence-corrected chi connectivity index (χ0v) is 15.2. The summed E-state index contributed by atoms with van der Waals surface area (Å²) in [5.41, 5.74) is 7.63. The first kappa shape index (κ1) is 17.7. The SMILES string of the molecule is Cc1ccc(C2(C(N)=O)NC=NC2C(=O)Nc2cc(C)nn2C)c(C)c1. The Labute approximate surface area is 151 Å². The first-order valence-corrected chi connectivity index (χ1v) is 8.24. The van der Waals surface area contributed by atoms with E-state index in [1.54, 1.807) is 17.8 Å². The van der Waals surface area contributed by atoms with Gasteiger partial charge in [-0.25, -0.2) is 0 Å². The number of amides is 2. The second-order valence-electron chi connectivity index (χ2n) is 6.60. The van der Waals surface area contributed by atoms with Gasteiger partial charge in [0.1, 0.15) is 5.82 Å². The van der Waals surface area contributed by atoms with E-state index in [1.165, 1.54) is 6.34 Å². The monoisotopic (exact) mass is 354 g/mol. The van der Waals surface area contributed by atoms with Gasteiger partial charge in [-0.3, -0.25) is 19.3 Å². The van der Waals surface area contributed by atoms with E-state index in [0.29, 0.717) is 11.4 Å². The molecule has 2 unspecified atom stereocenters. The third-order valence-corrected chi connectivity index (χ3v) is 4.62. The van der Waals surface area contributed by atoms with Gasteiger partial charge in [0.2, 0.25) is 0 Å². The molecule has 2 atom stereocenters. The lowest BCUT2D eigenvalue weighted by atomic mass is 9.80. The topological polar surface area (TPSA) is 114 Å². The number of nitrogens with zero attached hydrogens (tertiary/aromatic N) is 3. The summed E-state index contributed by atoms with van der Waals surface area (Å²) < 4.78 is 1.56. The average molecular weight is 354 g/mol. The summed E-state index contributed by atoms with van der Waals surface area (Å²) in [5, 5.41) is 9.92. The standard InChI is InChI=1S/C18H22N6O2/c1-10-5-6-13(11(2)7-10)18(17(19)26)15(20-9-21-18)16(25)22-14-8-12(3)23-24(14)4/h5-9,15H,1-4H3,(H2,19,26)(H,20,21)(H,22,25). The van der Waals surface area contributed by atoms with Gasteiger partial charge in [-0.15, -0.1) is 0 Å². The van der Waals surface area contributed by atoms with Crippen molar-refractivity contribution in [2.24, 2.45) is 17.8 Å². The van der Waals surface area contributed by atoms with Crippen LogP contribution in [-0.4, -0.2) is 34.0 Å². The highest BCUT2D eigenvalue weighted by molar-refractivity contribution is 6.05. The Morgan fingerprint density at radius 1 is 1.27 bits per heavy atom. The maximum Gasteiger partial charge on any atom is 0.253 e. The van der Waals surface area contributed by atoms with Crippen LogP contribution < -0.4 is 16.4 Å². The molecule has 136 valence electrons. The summed E-state index contributed by atoms with van der Waals surface area (Å²) in [6.07, 6.45) is 1.36. The second kappa shape index (κ2) is 6.29. The summed E-state index contributed by atoms with van der Waals surface area (Å²) in [6.45, 7) is 5.67. The number of rotatable bonds is 4. The van der Waals surface area contributed by atoms with Gasteiger partial charge < -0.3 is 16.4 Å². The van der Waals surface area contributed by atoms with E-state index >= 15 is 0 Å². The normalized spacial score (nSPS) is 21.5. The summed E-state index contributed by atoms with van der Waals surface area (Å²) in [5.74, 6) is -0.579. The number of nitrogens with one attached hydrogen (secondary N) is 2. The second-order valence-corrected chi connectivity index (χ2v) is 6.60. The number of aryl methyl sites for hydroxylation is 4. The molecule has 3 rings (SSSR count). The molecular weight excluding hydrogens is 332 g/mol. The number of aliphatic imine (C=N–C) groups is 1. The van der Waals surface area contributed by atoms with Crippen LogP contribution in [0.5, 0.6) is 0 Å². The van der Waals surface area contributed by atoms with Crippen molar-refractivity contribution in [1.29, 1.82) is 0 Å². The Hall–Kier alpha value is -3.16. The van der Waals surface area contributed by atoms with E-state index in [9.17, 15) is 9.59 Å². The molecule has 0 fully saturated rings. The van der Waals surface area contributed by atoms with Gasteiger partial charge in [0.25, 0.3) is 11.8 Å². The van der Waals surface area contributed by atoms with Gasteiger partial charge in [-0.2, -0.15) is 5.10 Å². The van der Waals surface area contributed by atoms with E-state index in [-0.39, 0.29) is 0 Å². The molecule has 0 bridgehead atoms. The van der Waals surface area contributed by atoms with Gasteiger partial charge in [0, 0.05) is 13.1 Å². The Kier molecular flexibility index (Phi) is 4.27. The number of hydrogen-bond acceptors (Lipinski definition) is 5. The number of benzene rings is 1. The van der Waals surface area contributed by atoms with Crippen molar-refractivity contribution >= 4 is 24.0 Å². The van der Waals surface area contributed by atoms with Crippen LogP contribution in [0.25, 0.3) is 0 Å². The predicted octanol–water partition coefficient (Wildman–Crippen LogP) is 0.665. The zero-order valence-electron chi connectivity index (χ0n) is 15.2. The Balaban J connectivity index is 2.01. The fourth-order valence-electron chi connectivity index (χ4n) is 3.41. The minimum absolute atomic E-state index is 0.437. The smallest absolute Gasteiger partial charge is 0.253 e. The van der Waals surface area contributed by atoms with Gasteiger partial charge >= 0.3 is 0 Å². The van der Waals surface area contributed by atoms with Crippen molar-refractivity contribution in [3.8, 4) is 0 Å². The predicted molar refractivity (Wildman–Crippen MR) is 98.8 cm³/mol. The molecule has 2 amide bonds. The van der Waals surface area contributed by atoms with E-state index in [4.69, 9.17) is 5.73 Å². The van der Waals surface area contributed by atoms with E-state index in [0.717, 1.165) is 16.8 Å². The van der Waals surface area contributed by atoms with Crippen molar-refractivity contribution < 1.29 is 9.59 Å². The number of hydrogen-bond donors (Lipinski definition) is 3. The Morgan fingerprint density at radius 2 is 2.00 bits per heavy atom. The number of primary amides is 1. The van der Waals surface area contributed by atoms with Crippen LogP contribution in [0.4, 0.5) is 5.82 Å². The van der Waals surface area contributed by atoms with Crippen LogP contribution in [0.15, 0.2) is 29.3 Å². The number of carbonyl (C=O) groups excluding carboxylic acids is 2. The lowest BCUT2D eigenvalue weighted by Gasteiger charge is -2.32. The molecule has 2 aromatic rings. The van der Waals surface area contributed by atoms with Gasteiger partial charge in [0.05, 0.1) is 12.0 Å². The number of anilines is 1.